The van der Waals surface area contributed by atoms with Crippen LogP contribution in [0.5, 0.6) is 0 Å². The van der Waals surface area contributed by atoms with E-state index in [1.807, 2.05) is 0 Å². The van der Waals surface area contributed by atoms with Crippen LogP contribution in [0.3, 0.4) is 0 Å². The summed E-state index contributed by atoms with van der Waals surface area (Å²) in [4.78, 5) is 25.7. The lowest BCUT2D eigenvalue weighted by atomic mass is 10.1. The van der Waals surface area contributed by atoms with E-state index in [1.165, 1.54) is 12.0 Å². The average Bonchev–Trinajstić information content (AvgIpc) is 2.73. The number of fused-ring (bicyclic) bond motifs is 1. The third kappa shape index (κ3) is 3.34. The van der Waals surface area contributed by atoms with E-state index >= 15 is 0 Å². The lowest BCUT2D eigenvalue weighted by Crippen LogP contribution is -2.39. The normalized spacial score (nSPS) is 14.6. The first-order valence-corrected chi connectivity index (χ1v) is 7.41. The quantitative estimate of drug-likeness (QED) is 0.748. The van der Waals surface area contributed by atoms with E-state index in [0.717, 1.165) is 11.3 Å². The van der Waals surface area contributed by atoms with Crippen LogP contribution in [-0.2, 0) is 22.4 Å². The van der Waals surface area contributed by atoms with Crippen molar-refractivity contribution in [2.24, 2.45) is 0 Å². The topological polar surface area (TPSA) is 55.8 Å². The number of nitrogens with zero attached hydrogens (tertiary/aromatic N) is 1. The van der Waals surface area contributed by atoms with E-state index in [4.69, 9.17) is 4.74 Å². The second kappa shape index (κ2) is 5.63. The zero-order valence-electron chi connectivity index (χ0n) is 12.5. The van der Waals surface area contributed by atoms with Crippen LogP contribution in [0, 0.1) is 5.82 Å². The van der Waals surface area contributed by atoms with Gasteiger partial charge in [0, 0.05) is 17.0 Å². The van der Waals surface area contributed by atoms with Crippen molar-refractivity contribution in [3.63, 3.8) is 0 Å². The molecule has 1 aromatic rings. The van der Waals surface area contributed by atoms with Gasteiger partial charge in [-0.2, -0.15) is 0 Å². The molecule has 7 heteroatoms. The molecule has 0 radical (unpaired) electrons. The van der Waals surface area contributed by atoms with Crippen LogP contribution < -0.4 is 0 Å². The number of thiophene rings is 1. The Kier molecular flexibility index (Phi) is 4.22. The fourth-order valence-electron chi connectivity index (χ4n) is 2.07. The van der Waals surface area contributed by atoms with Gasteiger partial charge in [0.2, 0.25) is 0 Å². The van der Waals surface area contributed by atoms with Crippen LogP contribution in [0.2, 0.25) is 0 Å². The van der Waals surface area contributed by atoms with Crippen LogP contribution in [0.4, 0.5) is 9.18 Å². The molecular formula is C14H18FNO4S. The Hall–Kier alpha value is -1.63. The SMILES string of the molecule is COC(=O)c1sc2c(c1F)CCN(C(=O)OC(C)(C)C)C2. The Morgan fingerprint density at radius 1 is 1.33 bits per heavy atom. The molecule has 1 aromatic heterocycles. The van der Waals surface area contributed by atoms with Gasteiger partial charge in [0.1, 0.15) is 10.5 Å². The highest BCUT2D eigenvalue weighted by molar-refractivity contribution is 7.14. The van der Waals surface area contributed by atoms with Crippen LogP contribution in [0.15, 0.2) is 0 Å². The number of methoxy groups -OCH3 is 1. The number of rotatable bonds is 1. The molecule has 0 fully saturated rings. The minimum absolute atomic E-state index is 0.0338. The van der Waals surface area contributed by atoms with E-state index in [9.17, 15) is 14.0 Å². The molecule has 0 aliphatic carbocycles. The molecule has 2 heterocycles. The third-order valence-electron chi connectivity index (χ3n) is 3.01. The lowest BCUT2D eigenvalue weighted by molar-refractivity contribution is 0.0225. The zero-order valence-corrected chi connectivity index (χ0v) is 13.3. The first kappa shape index (κ1) is 15.8. The summed E-state index contributed by atoms with van der Waals surface area (Å²) in [6.07, 6.45) is -0.0601. The third-order valence-corrected chi connectivity index (χ3v) is 4.19. The highest BCUT2D eigenvalue weighted by Crippen LogP contribution is 2.32. The van der Waals surface area contributed by atoms with Gasteiger partial charge < -0.3 is 14.4 Å². The number of hydrogen-bond acceptors (Lipinski definition) is 5. The van der Waals surface area contributed by atoms with E-state index in [-0.39, 0.29) is 11.4 Å². The predicted molar refractivity (Wildman–Crippen MR) is 76.0 cm³/mol. The second-order valence-corrected chi connectivity index (χ2v) is 6.90. The Labute approximate surface area is 126 Å². The Morgan fingerprint density at radius 2 is 2.00 bits per heavy atom. The molecule has 0 saturated carbocycles. The van der Waals surface area contributed by atoms with Gasteiger partial charge in [-0.1, -0.05) is 0 Å². The molecule has 0 bridgehead atoms. The Balaban J connectivity index is 2.18. The molecule has 5 nitrogen and oxygen atoms in total. The smallest absolute Gasteiger partial charge is 0.410 e. The maximum Gasteiger partial charge on any atom is 0.410 e. The average molecular weight is 315 g/mol. The van der Waals surface area contributed by atoms with Crippen molar-refractivity contribution in [3.05, 3.63) is 21.1 Å². The van der Waals surface area contributed by atoms with Crippen molar-refractivity contribution in [1.29, 1.82) is 0 Å². The highest BCUT2D eigenvalue weighted by atomic mass is 32.1. The summed E-state index contributed by atoms with van der Waals surface area (Å²) in [7, 11) is 1.22. The highest BCUT2D eigenvalue weighted by Gasteiger charge is 2.31. The number of amides is 1. The van der Waals surface area contributed by atoms with Crippen LogP contribution in [0.1, 0.15) is 40.9 Å². The fourth-order valence-corrected chi connectivity index (χ4v) is 3.23. The van der Waals surface area contributed by atoms with Crippen LogP contribution in [0.25, 0.3) is 0 Å². The van der Waals surface area contributed by atoms with Crippen LogP contribution >= 0.6 is 11.3 Å². The molecule has 0 atom stereocenters. The van der Waals surface area contributed by atoms with Crippen LogP contribution in [-0.4, -0.2) is 36.2 Å². The Morgan fingerprint density at radius 3 is 2.57 bits per heavy atom. The molecule has 0 spiro atoms. The molecule has 1 amide bonds. The summed E-state index contributed by atoms with van der Waals surface area (Å²) in [5.74, 6) is -1.21. The molecule has 0 saturated heterocycles. The minimum Gasteiger partial charge on any atom is -0.465 e. The van der Waals surface area contributed by atoms with Gasteiger partial charge >= 0.3 is 12.1 Å². The summed E-state index contributed by atoms with van der Waals surface area (Å²) in [5, 5.41) is 0. The summed E-state index contributed by atoms with van der Waals surface area (Å²) in [6, 6.07) is 0. The molecule has 0 aromatic carbocycles. The van der Waals surface area contributed by atoms with Crippen molar-refractivity contribution in [2.45, 2.75) is 39.3 Å². The number of hydrogen-bond donors (Lipinski definition) is 0. The molecule has 1 aliphatic heterocycles. The maximum absolute atomic E-state index is 14.1. The van der Waals surface area contributed by atoms with Crippen molar-refractivity contribution in [1.82, 2.24) is 4.90 Å². The molecule has 2 rings (SSSR count). The fraction of sp³-hybridized carbons (Fsp3) is 0.571. The molecule has 116 valence electrons. The first-order chi connectivity index (χ1) is 9.73. The molecule has 0 N–H and O–H groups in total. The van der Waals surface area contributed by atoms with Crippen molar-refractivity contribution < 1.29 is 23.5 Å². The summed E-state index contributed by atoms with van der Waals surface area (Å²) in [6.45, 7) is 6.00. The van der Waals surface area contributed by atoms with E-state index in [2.05, 4.69) is 4.74 Å². The van der Waals surface area contributed by atoms with Gasteiger partial charge in [-0.3, -0.25) is 0 Å². The Bertz CT molecular complexity index is 576. The predicted octanol–water partition coefficient (Wildman–Crippen LogP) is 2.97. The zero-order chi connectivity index (χ0) is 15.8. The molecule has 0 unspecified atom stereocenters. The van der Waals surface area contributed by atoms with Gasteiger partial charge in [0.05, 0.1) is 13.7 Å². The number of ether oxygens (including phenoxy) is 2. The number of halogens is 1. The van der Waals surface area contributed by atoms with E-state index in [1.54, 1.807) is 20.8 Å². The van der Waals surface area contributed by atoms with Gasteiger partial charge in [0.25, 0.3) is 0 Å². The summed E-state index contributed by atoms with van der Waals surface area (Å²) < 4.78 is 24.0. The van der Waals surface area contributed by atoms with Gasteiger partial charge in [-0.05, 0) is 27.2 Å². The number of carbonyl (C=O) groups is 2. The van der Waals surface area contributed by atoms with Gasteiger partial charge in [0.15, 0.2) is 5.82 Å². The van der Waals surface area contributed by atoms with Crippen molar-refractivity contribution in [2.75, 3.05) is 13.7 Å². The lowest BCUT2D eigenvalue weighted by Gasteiger charge is -2.29. The standard InChI is InChI=1S/C14H18FNO4S/c1-14(2,3)20-13(18)16-6-5-8-9(7-16)21-11(10(8)15)12(17)19-4/h5-7H2,1-4H3. The largest absolute Gasteiger partial charge is 0.465 e. The van der Waals surface area contributed by atoms with Crippen molar-refractivity contribution >= 4 is 23.4 Å². The molecule has 21 heavy (non-hydrogen) atoms. The monoisotopic (exact) mass is 315 g/mol. The molecule has 1 aliphatic rings. The number of esters is 1. The molecular weight excluding hydrogens is 297 g/mol. The summed E-state index contributed by atoms with van der Waals surface area (Å²) in [5.41, 5.74) is -0.0740. The second-order valence-electron chi connectivity index (χ2n) is 5.79. The number of carbonyl (C=O) groups excluding carboxylic acids is 2. The first-order valence-electron chi connectivity index (χ1n) is 6.59. The summed E-state index contributed by atoms with van der Waals surface area (Å²) >= 11 is 1.03. The maximum atomic E-state index is 14.1. The van der Waals surface area contributed by atoms with E-state index < -0.39 is 23.5 Å². The van der Waals surface area contributed by atoms with Gasteiger partial charge in [-0.25, -0.2) is 14.0 Å². The minimum atomic E-state index is -0.685. The van der Waals surface area contributed by atoms with Crippen molar-refractivity contribution in [3.8, 4) is 0 Å². The van der Waals surface area contributed by atoms with E-state index in [0.29, 0.717) is 23.4 Å². The van der Waals surface area contributed by atoms with Gasteiger partial charge in [-0.15, -0.1) is 11.3 Å².